The Hall–Kier alpha value is -1.09. The van der Waals surface area contributed by atoms with E-state index in [4.69, 9.17) is 5.73 Å². The molecular weight excluding hydrogens is 162 g/mol. The lowest BCUT2D eigenvalue weighted by molar-refractivity contribution is 0.731. The molecule has 0 saturated carbocycles. The van der Waals surface area contributed by atoms with Crippen LogP contribution in [-0.2, 0) is 7.05 Å². The lowest BCUT2D eigenvalue weighted by atomic mass is 10.2. The molecule has 1 aromatic heterocycles. The van der Waals surface area contributed by atoms with E-state index in [2.05, 4.69) is 24.2 Å². The van der Waals surface area contributed by atoms with Gasteiger partial charge in [-0.2, -0.15) is 5.10 Å². The molecule has 13 heavy (non-hydrogen) atoms. The number of hydrogen-bond donors (Lipinski definition) is 1. The molecule has 3 nitrogen and oxygen atoms in total. The molecule has 0 aromatic carbocycles. The van der Waals surface area contributed by atoms with Gasteiger partial charge < -0.3 is 5.73 Å². The summed E-state index contributed by atoms with van der Waals surface area (Å²) in [6.45, 7) is 4.80. The van der Waals surface area contributed by atoms with Gasteiger partial charge in [-0.1, -0.05) is 12.2 Å². The van der Waals surface area contributed by atoms with Gasteiger partial charge in [0.05, 0.1) is 5.69 Å². The third-order valence-electron chi connectivity index (χ3n) is 2.18. The van der Waals surface area contributed by atoms with Crippen LogP contribution < -0.4 is 5.73 Å². The minimum absolute atomic E-state index is 0.703. The number of rotatable bonds is 3. The lowest BCUT2D eigenvalue weighted by Gasteiger charge is -1.94. The van der Waals surface area contributed by atoms with Gasteiger partial charge in [0.25, 0.3) is 0 Å². The number of nitrogens with two attached hydrogens (primary N) is 1. The van der Waals surface area contributed by atoms with Crippen molar-refractivity contribution in [1.29, 1.82) is 0 Å². The molecule has 1 aromatic rings. The van der Waals surface area contributed by atoms with Gasteiger partial charge in [0, 0.05) is 18.3 Å². The summed E-state index contributed by atoms with van der Waals surface area (Å²) in [6, 6.07) is 0. The van der Waals surface area contributed by atoms with Crippen LogP contribution in [0.1, 0.15) is 23.4 Å². The summed E-state index contributed by atoms with van der Waals surface area (Å²) in [5.74, 6) is 0. The van der Waals surface area contributed by atoms with Crippen molar-refractivity contribution in [3.8, 4) is 0 Å². The Morgan fingerprint density at radius 3 is 2.62 bits per heavy atom. The summed E-state index contributed by atoms with van der Waals surface area (Å²) in [5.41, 5.74) is 8.90. The largest absolute Gasteiger partial charge is 0.330 e. The Kier molecular flexibility index (Phi) is 3.25. The second-order valence-corrected chi connectivity index (χ2v) is 3.19. The smallest absolute Gasteiger partial charge is 0.0668 e. The third-order valence-corrected chi connectivity index (χ3v) is 2.18. The summed E-state index contributed by atoms with van der Waals surface area (Å²) < 4.78 is 1.90. The van der Waals surface area contributed by atoms with Crippen molar-refractivity contribution in [3.05, 3.63) is 23.0 Å². The molecule has 0 fully saturated rings. The van der Waals surface area contributed by atoms with E-state index >= 15 is 0 Å². The zero-order valence-corrected chi connectivity index (χ0v) is 8.54. The first-order valence-corrected chi connectivity index (χ1v) is 4.53. The fourth-order valence-electron chi connectivity index (χ4n) is 1.33. The average Bonchev–Trinajstić information content (AvgIpc) is 2.32. The van der Waals surface area contributed by atoms with Gasteiger partial charge in [-0.15, -0.1) is 0 Å². The van der Waals surface area contributed by atoms with Crippen molar-refractivity contribution in [2.24, 2.45) is 12.8 Å². The van der Waals surface area contributed by atoms with Crippen LogP contribution in [0.25, 0.3) is 6.08 Å². The summed E-state index contributed by atoms with van der Waals surface area (Å²) in [5, 5.41) is 4.32. The molecule has 0 aliphatic rings. The first-order valence-electron chi connectivity index (χ1n) is 4.53. The molecular formula is C10H17N3. The van der Waals surface area contributed by atoms with Gasteiger partial charge in [-0.3, -0.25) is 4.68 Å². The standard InChI is InChI=1S/C10H17N3/c1-8-10(6-4-5-7-11)9(2)13(3)12-8/h4,6H,5,7,11H2,1-3H3/b6-4+. The van der Waals surface area contributed by atoms with Gasteiger partial charge in [0.2, 0.25) is 0 Å². The monoisotopic (exact) mass is 179 g/mol. The Morgan fingerprint density at radius 2 is 2.15 bits per heavy atom. The Bertz CT molecular complexity index is 310. The number of nitrogens with zero attached hydrogens (tertiary/aromatic N) is 2. The first-order chi connectivity index (χ1) is 6.16. The number of aromatic nitrogens is 2. The molecule has 0 aliphatic heterocycles. The lowest BCUT2D eigenvalue weighted by Crippen LogP contribution is -1.95. The molecule has 72 valence electrons. The van der Waals surface area contributed by atoms with Crippen molar-refractivity contribution in [1.82, 2.24) is 9.78 Å². The van der Waals surface area contributed by atoms with E-state index in [1.165, 1.54) is 11.3 Å². The first kappa shape index (κ1) is 9.99. The molecule has 2 N–H and O–H groups in total. The predicted molar refractivity (Wildman–Crippen MR) is 55.4 cm³/mol. The molecule has 0 bridgehead atoms. The molecule has 0 amide bonds. The zero-order chi connectivity index (χ0) is 9.84. The number of aryl methyl sites for hydroxylation is 2. The molecule has 0 atom stereocenters. The van der Waals surface area contributed by atoms with Gasteiger partial charge >= 0.3 is 0 Å². The molecule has 1 rings (SSSR count). The second kappa shape index (κ2) is 4.23. The molecule has 0 saturated heterocycles. The highest BCUT2D eigenvalue weighted by Crippen LogP contribution is 2.13. The maximum atomic E-state index is 5.40. The fourth-order valence-corrected chi connectivity index (χ4v) is 1.33. The van der Waals surface area contributed by atoms with Crippen molar-refractivity contribution < 1.29 is 0 Å². The minimum atomic E-state index is 0.703. The molecule has 0 radical (unpaired) electrons. The van der Waals surface area contributed by atoms with Crippen LogP contribution in [0.4, 0.5) is 0 Å². The molecule has 1 heterocycles. The van der Waals surface area contributed by atoms with E-state index in [0.717, 1.165) is 12.1 Å². The van der Waals surface area contributed by atoms with E-state index in [1.54, 1.807) is 0 Å². The maximum Gasteiger partial charge on any atom is 0.0668 e. The van der Waals surface area contributed by atoms with E-state index < -0.39 is 0 Å². The van der Waals surface area contributed by atoms with Crippen molar-refractivity contribution in [2.45, 2.75) is 20.3 Å². The maximum absolute atomic E-state index is 5.40. The average molecular weight is 179 g/mol. The number of hydrogen-bond acceptors (Lipinski definition) is 2. The van der Waals surface area contributed by atoms with E-state index in [9.17, 15) is 0 Å². The third kappa shape index (κ3) is 2.18. The highest BCUT2D eigenvalue weighted by molar-refractivity contribution is 5.54. The topological polar surface area (TPSA) is 43.8 Å². The van der Waals surface area contributed by atoms with Crippen LogP contribution in [-0.4, -0.2) is 16.3 Å². The van der Waals surface area contributed by atoms with E-state index in [-0.39, 0.29) is 0 Å². The predicted octanol–water partition coefficient (Wildman–Crippen LogP) is 1.40. The van der Waals surface area contributed by atoms with Crippen molar-refractivity contribution in [2.75, 3.05) is 6.54 Å². The SMILES string of the molecule is Cc1nn(C)c(C)c1/C=C/CCN. The highest BCUT2D eigenvalue weighted by atomic mass is 15.3. The summed E-state index contributed by atoms with van der Waals surface area (Å²) in [6.07, 6.45) is 5.12. The minimum Gasteiger partial charge on any atom is -0.330 e. The molecule has 0 unspecified atom stereocenters. The van der Waals surface area contributed by atoms with E-state index in [0.29, 0.717) is 6.54 Å². The summed E-state index contributed by atoms with van der Waals surface area (Å²) in [7, 11) is 1.96. The molecule has 0 spiro atoms. The normalized spacial score (nSPS) is 11.4. The molecule has 0 aliphatic carbocycles. The van der Waals surface area contributed by atoms with Crippen LogP contribution in [0.3, 0.4) is 0 Å². The summed E-state index contributed by atoms with van der Waals surface area (Å²) in [4.78, 5) is 0. The quantitative estimate of drug-likeness (QED) is 0.762. The van der Waals surface area contributed by atoms with Gasteiger partial charge in [0.1, 0.15) is 0 Å². The van der Waals surface area contributed by atoms with Crippen LogP contribution in [0.2, 0.25) is 0 Å². The van der Waals surface area contributed by atoms with Gasteiger partial charge in [-0.05, 0) is 26.8 Å². The van der Waals surface area contributed by atoms with Gasteiger partial charge in [0.15, 0.2) is 0 Å². The highest BCUT2D eigenvalue weighted by Gasteiger charge is 2.04. The van der Waals surface area contributed by atoms with E-state index in [1.807, 2.05) is 18.7 Å². The second-order valence-electron chi connectivity index (χ2n) is 3.19. The van der Waals surface area contributed by atoms with Crippen LogP contribution in [0.5, 0.6) is 0 Å². The fraction of sp³-hybridized carbons (Fsp3) is 0.500. The van der Waals surface area contributed by atoms with Crippen molar-refractivity contribution in [3.63, 3.8) is 0 Å². The van der Waals surface area contributed by atoms with Crippen molar-refractivity contribution >= 4 is 6.08 Å². The molecule has 3 heteroatoms. The Morgan fingerprint density at radius 1 is 1.46 bits per heavy atom. The van der Waals surface area contributed by atoms with Gasteiger partial charge in [-0.25, -0.2) is 0 Å². The van der Waals surface area contributed by atoms with Crippen LogP contribution in [0, 0.1) is 13.8 Å². The van der Waals surface area contributed by atoms with Crippen LogP contribution >= 0.6 is 0 Å². The Balaban J connectivity index is 2.87. The summed E-state index contributed by atoms with van der Waals surface area (Å²) >= 11 is 0. The zero-order valence-electron chi connectivity index (χ0n) is 8.54. The van der Waals surface area contributed by atoms with Crippen LogP contribution in [0.15, 0.2) is 6.08 Å². The Labute approximate surface area is 79.2 Å².